The van der Waals surface area contributed by atoms with Crippen LogP contribution < -0.4 is 10.2 Å². The third-order valence-electron chi connectivity index (χ3n) is 5.19. The highest BCUT2D eigenvalue weighted by atomic mass is 32.1. The van der Waals surface area contributed by atoms with E-state index in [4.69, 9.17) is 9.47 Å². The van der Waals surface area contributed by atoms with Gasteiger partial charge in [0.1, 0.15) is 0 Å². The van der Waals surface area contributed by atoms with Crippen molar-refractivity contribution in [1.29, 1.82) is 0 Å². The number of benzene rings is 2. The second kappa shape index (κ2) is 10.4. The van der Waals surface area contributed by atoms with E-state index in [2.05, 4.69) is 10.3 Å². The van der Waals surface area contributed by atoms with Crippen molar-refractivity contribution >= 4 is 39.7 Å². The molecule has 1 amide bonds. The number of hydrogen-bond acceptors (Lipinski definition) is 9. The third kappa shape index (κ3) is 5.56. The third-order valence-corrected chi connectivity index (χ3v) is 5.95. The van der Waals surface area contributed by atoms with E-state index in [9.17, 15) is 19.7 Å². The smallest absolute Gasteiger partial charge is 0.341 e. The second-order valence-electron chi connectivity index (χ2n) is 7.59. The monoisotopic (exact) mass is 482 g/mol. The molecule has 0 radical (unpaired) electrons. The Kier molecular flexibility index (Phi) is 7.14. The van der Waals surface area contributed by atoms with Crippen molar-refractivity contribution in [2.75, 3.05) is 43.1 Å². The lowest BCUT2D eigenvalue weighted by Gasteiger charge is -2.30. The van der Waals surface area contributed by atoms with Gasteiger partial charge >= 0.3 is 5.97 Å². The molecular weight excluding hydrogens is 460 g/mol. The van der Waals surface area contributed by atoms with Gasteiger partial charge in [-0.05, 0) is 13.0 Å². The van der Waals surface area contributed by atoms with Crippen molar-refractivity contribution in [3.8, 4) is 11.3 Å². The van der Waals surface area contributed by atoms with Crippen molar-refractivity contribution < 1.29 is 24.0 Å². The van der Waals surface area contributed by atoms with Crippen LogP contribution in [0.3, 0.4) is 0 Å². The van der Waals surface area contributed by atoms with Crippen molar-refractivity contribution in [3.63, 3.8) is 0 Å². The van der Waals surface area contributed by atoms with E-state index in [-0.39, 0.29) is 11.3 Å². The predicted molar refractivity (Wildman–Crippen MR) is 127 cm³/mol. The standard InChI is InChI=1S/C23H22N4O6S/c1-15-2-4-16(5-3-15)19-14-34-23(24-19)25-21(28)13-33-22(29)18-12-17(27(30)31)6-7-20(18)26-8-10-32-11-9-26/h2-7,12,14H,8-11,13H2,1H3,(H,24,25,28). The molecule has 1 saturated heterocycles. The number of ether oxygens (including phenoxy) is 2. The number of aryl methyl sites for hydroxylation is 1. The first-order valence-electron chi connectivity index (χ1n) is 10.5. The molecular formula is C23H22N4O6S. The molecule has 0 spiro atoms. The van der Waals surface area contributed by atoms with Gasteiger partial charge in [0.15, 0.2) is 11.7 Å². The molecule has 2 heterocycles. The van der Waals surface area contributed by atoms with E-state index >= 15 is 0 Å². The Balaban J connectivity index is 1.41. The highest BCUT2D eigenvalue weighted by molar-refractivity contribution is 7.14. The molecule has 1 N–H and O–H groups in total. The average Bonchev–Trinajstić information content (AvgIpc) is 3.31. The lowest BCUT2D eigenvalue weighted by Crippen LogP contribution is -2.37. The van der Waals surface area contributed by atoms with Crippen molar-refractivity contribution in [2.24, 2.45) is 0 Å². The van der Waals surface area contributed by atoms with Crippen LogP contribution in [0.1, 0.15) is 15.9 Å². The Morgan fingerprint density at radius 1 is 1.21 bits per heavy atom. The Morgan fingerprint density at radius 3 is 2.65 bits per heavy atom. The summed E-state index contributed by atoms with van der Waals surface area (Å²) < 4.78 is 10.5. The number of carbonyl (C=O) groups excluding carboxylic acids is 2. The van der Waals surface area contributed by atoms with Crippen LogP contribution in [0.4, 0.5) is 16.5 Å². The number of nitrogens with zero attached hydrogens (tertiary/aromatic N) is 3. The number of hydrogen-bond donors (Lipinski definition) is 1. The van der Waals surface area contributed by atoms with Gasteiger partial charge in [-0.25, -0.2) is 9.78 Å². The number of non-ortho nitro benzene ring substituents is 1. The lowest BCUT2D eigenvalue weighted by molar-refractivity contribution is -0.384. The van der Waals surface area contributed by atoms with Gasteiger partial charge in [-0.15, -0.1) is 11.3 Å². The maximum atomic E-state index is 12.8. The van der Waals surface area contributed by atoms with E-state index in [1.807, 2.05) is 41.5 Å². The zero-order valence-corrected chi connectivity index (χ0v) is 19.2. The number of amides is 1. The molecule has 0 unspecified atom stereocenters. The molecule has 1 aliphatic heterocycles. The first kappa shape index (κ1) is 23.3. The molecule has 4 rings (SSSR count). The maximum absolute atomic E-state index is 12.8. The molecule has 1 aromatic heterocycles. The summed E-state index contributed by atoms with van der Waals surface area (Å²) in [5.74, 6) is -1.38. The topological polar surface area (TPSA) is 124 Å². The first-order valence-corrected chi connectivity index (χ1v) is 11.4. The van der Waals surface area contributed by atoms with Crippen LogP contribution in [0.5, 0.6) is 0 Å². The molecule has 176 valence electrons. The van der Waals surface area contributed by atoms with Gasteiger partial charge in [0.25, 0.3) is 11.6 Å². The summed E-state index contributed by atoms with van der Waals surface area (Å²) in [7, 11) is 0. The van der Waals surface area contributed by atoms with Gasteiger partial charge in [-0.1, -0.05) is 29.8 Å². The lowest BCUT2D eigenvalue weighted by atomic mass is 10.1. The number of morpholine rings is 1. The van der Waals surface area contributed by atoms with Crippen molar-refractivity contribution in [3.05, 3.63) is 69.1 Å². The highest BCUT2D eigenvalue weighted by Crippen LogP contribution is 2.28. The van der Waals surface area contributed by atoms with Crippen LogP contribution in [0.2, 0.25) is 0 Å². The Labute approximate surface area is 199 Å². The van der Waals surface area contributed by atoms with Crippen LogP contribution in [0, 0.1) is 17.0 Å². The maximum Gasteiger partial charge on any atom is 0.341 e. The number of rotatable bonds is 7. The molecule has 0 aliphatic carbocycles. The van der Waals surface area contributed by atoms with E-state index in [0.717, 1.165) is 16.8 Å². The fourth-order valence-electron chi connectivity index (χ4n) is 3.43. The summed E-state index contributed by atoms with van der Waals surface area (Å²) in [6.07, 6.45) is 0. The number of nitro groups is 1. The molecule has 10 nitrogen and oxygen atoms in total. The molecule has 0 saturated carbocycles. The van der Waals surface area contributed by atoms with E-state index in [0.29, 0.717) is 37.1 Å². The van der Waals surface area contributed by atoms with Crippen LogP contribution in [-0.2, 0) is 14.3 Å². The number of nitrogens with one attached hydrogen (secondary N) is 1. The quantitative estimate of drug-likeness (QED) is 0.307. The molecule has 3 aromatic rings. The molecule has 34 heavy (non-hydrogen) atoms. The number of esters is 1. The van der Waals surface area contributed by atoms with Gasteiger partial charge < -0.3 is 14.4 Å². The SMILES string of the molecule is Cc1ccc(-c2csc(NC(=O)COC(=O)c3cc([N+](=O)[O-])ccc3N3CCOCC3)n2)cc1. The summed E-state index contributed by atoms with van der Waals surface area (Å²) in [5, 5.41) is 16.0. The average molecular weight is 483 g/mol. The van der Waals surface area contributed by atoms with Crippen molar-refractivity contribution in [1.82, 2.24) is 4.98 Å². The Hall–Kier alpha value is -3.83. The van der Waals surface area contributed by atoms with Crippen LogP contribution in [-0.4, -0.2) is 54.7 Å². The first-order chi connectivity index (χ1) is 16.4. The molecule has 0 atom stereocenters. The minimum atomic E-state index is -0.820. The van der Waals surface area contributed by atoms with Crippen molar-refractivity contribution in [2.45, 2.75) is 6.92 Å². The summed E-state index contributed by atoms with van der Waals surface area (Å²) in [5.41, 5.74) is 3.08. The fourth-order valence-corrected chi connectivity index (χ4v) is 4.17. The number of anilines is 2. The van der Waals surface area contributed by atoms with Gasteiger partial charge in [-0.3, -0.25) is 20.2 Å². The number of aromatic nitrogens is 1. The van der Waals surface area contributed by atoms with Gasteiger partial charge in [-0.2, -0.15) is 0 Å². The van der Waals surface area contributed by atoms with Gasteiger partial charge in [0, 0.05) is 36.2 Å². The minimum Gasteiger partial charge on any atom is -0.452 e. The van der Waals surface area contributed by atoms with Crippen LogP contribution >= 0.6 is 11.3 Å². The number of nitro benzene ring substituents is 1. The molecule has 11 heteroatoms. The summed E-state index contributed by atoms with van der Waals surface area (Å²) in [6.45, 7) is 3.47. The zero-order valence-electron chi connectivity index (χ0n) is 18.4. The number of carbonyl (C=O) groups is 2. The predicted octanol–water partition coefficient (Wildman–Crippen LogP) is 3.66. The van der Waals surface area contributed by atoms with Crippen LogP contribution in [0.15, 0.2) is 47.8 Å². The van der Waals surface area contributed by atoms with Crippen LogP contribution in [0.25, 0.3) is 11.3 Å². The molecule has 2 aromatic carbocycles. The van der Waals surface area contributed by atoms with Gasteiger partial charge in [0.05, 0.1) is 35.1 Å². The zero-order chi connectivity index (χ0) is 24.1. The fraction of sp³-hybridized carbons (Fsp3) is 0.261. The largest absolute Gasteiger partial charge is 0.452 e. The number of thiazole rings is 1. The summed E-state index contributed by atoms with van der Waals surface area (Å²) in [6, 6.07) is 11.9. The van der Waals surface area contributed by atoms with E-state index < -0.39 is 23.4 Å². The summed E-state index contributed by atoms with van der Waals surface area (Å²) >= 11 is 1.26. The van der Waals surface area contributed by atoms with Gasteiger partial charge in [0.2, 0.25) is 0 Å². The Morgan fingerprint density at radius 2 is 1.94 bits per heavy atom. The van der Waals surface area contributed by atoms with E-state index in [1.165, 1.54) is 29.5 Å². The Bertz CT molecular complexity index is 1200. The highest BCUT2D eigenvalue weighted by Gasteiger charge is 2.23. The summed E-state index contributed by atoms with van der Waals surface area (Å²) in [4.78, 5) is 42.0. The molecule has 1 fully saturated rings. The normalized spacial score (nSPS) is 13.4. The second-order valence-corrected chi connectivity index (χ2v) is 8.44. The molecule has 1 aliphatic rings. The van der Waals surface area contributed by atoms with E-state index in [1.54, 1.807) is 0 Å². The minimum absolute atomic E-state index is 0.0276. The molecule has 0 bridgehead atoms.